The van der Waals surface area contributed by atoms with E-state index in [1.54, 1.807) is 25.2 Å². The predicted octanol–water partition coefficient (Wildman–Crippen LogP) is 2.38. The van der Waals surface area contributed by atoms with E-state index in [-0.39, 0.29) is 17.4 Å². The van der Waals surface area contributed by atoms with Crippen LogP contribution < -0.4 is 10.6 Å². The fourth-order valence-electron chi connectivity index (χ4n) is 1.99. The Balaban J connectivity index is 2.17. The van der Waals surface area contributed by atoms with Gasteiger partial charge in [-0.15, -0.1) is 0 Å². The molecule has 5 heteroatoms. The Labute approximate surface area is 123 Å². The molecule has 0 spiro atoms. The number of nitrogens with one attached hydrogen (secondary N) is 2. The Morgan fingerprint density at radius 1 is 1.14 bits per heavy atom. The number of anilines is 1. The monoisotopic (exact) mass is 286 g/mol. The van der Waals surface area contributed by atoms with E-state index in [1.807, 2.05) is 13.0 Å². The Morgan fingerprint density at radius 3 is 2.57 bits per heavy atom. The van der Waals surface area contributed by atoms with Crippen molar-refractivity contribution in [1.29, 1.82) is 0 Å². The van der Waals surface area contributed by atoms with E-state index < -0.39 is 0 Å². The molecule has 0 aromatic heterocycles. The first-order valence-corrected chi connectivity index (χ1v) is 6.58. The van der Waals surface area contributed by atoms with Crippen molar-refractivity contribution >= 4 is 11.6 Å². The second-order valence-corrected chi connectivity index (χ2v) is 4.78. The lowest BCUT2D eigenvalue weighted by atomic mass is 10.1. The molecular weight excluding hydrogens is 268 g/mol. The normalized spacial score (nSPS) is 10.2. The van der Waals surface area contributed by atoms with Crippen LogP contribution in [0.1, 0.15) is 21.5 Å². The zero-order valence-electron chi connectivity index (χ0n) is 12.0. The van der Waals surface area contributed by atoms with Crippen LogP contribution in [0.25, 0.3) is 0 Å². The summed E-state index contributed by atoms with van der Waals surface area (Å²) in [5, 5.41) is 24.8. The third-order valence-corrected chi connectivity index (χ3v) is 3.26. The molecule has 110 valence electrons. The van der Waals surface area contributed by atoms with E-state index in [0.29, 0.717) is 17.7 Å². The maximum Gasteiger partial charge on any atom is 0.251 e. The highest BCUT2D eigenvalue weighted by Gasteiger charge is 2.07. The summed E-state index contributed by atoms with van der Waals surface area (Å²) in [6.45, 7) is 2.33. The Hall–Kier alpha value is -2.69. The number of aromatic hydroxyl groups is 2. The second-order valence-electron chi connectivity index (χ2n) is 4.78. The van der Waals surface area contributed by atoms with Crippen LogP contribution in [0, 0.1) is 6.92 Å². The van der Waals surface area contributed by atoms with Gasteiger partial charge in [0, 0.05) is 36.5 Å². The van der Waals surface area contributed by atoms with Gasteiger partial charge in [-0.2, -0.15) is 0 Å². The molecule has 2 aromatic carbocycles. The van der Waals surface area contributed by atoms with Crippen molar-refractivity contribution in [3.8, 4) is 11.5 Å². The standard InChI is InChI=1S/C16H18N2O3/c1-10-3-4-11(16(21)17-2)7-14(10)18-9-12-5-6-13(19)8-15(12)20/h3-8,18-20H,9H2,1-2H3,(H,17,21). The molecule has 2 rings (SSSR count). The van der Waals surface area contributed by atoms with Crippen LogP contribution in [0.5, 0.6) is 11.5 Å². The Kier molecular flexibility index (Phi) is 4.33. The molecule has 0 fully saturated rings. The minimum atomic E-state index is -0.148. The van der Waals surface area contributed by atoms with E-state index in [9.17, 15) is 15.0 Å². The minimum absolute atomic E-state index is 0.0223. The lowest BCUT2D eigenvalue weighted by Crippen LogP contribution is -2.18. The molecule has 0 atom stereocenters. The quantitative estimate of drug-likeness (QED) is 0.695. The van der Waals surface area contributed by atoms with E-state index in [2.05, 4.69) is 10.6 Å². The van der Waals surface area contributed by atoms with Crippen molar-refractivity contribution in [2.75, 3.05) is 12.4 Å². The number of rotatable bonds is 4. The van der Waals surface area contributed by atoms with Gasteiger partial charge in [-0.25, -0.2) is 0 Å². The summed E-state index contributed by atoms with van der Waals surface area (Å²) in [7, 11) is 1.59. The number of phenols is 2. The van der Waals surface area contributed by atoms with Gasteiger partial charge in [-0.05, 0) is 36.8 Å². The van der Waals surface area contributed by atoms with E-state index >= 15 is 0 Å². The van der Waals surface area contributed by atoms with Gasteiger partial charge in [-0.1, -0.05) is 6.07 Å². The fraction of sp³-hybridized carbons (Fsp3) is 0.188. The maximum absolute atomic E-state index is 11.6. The van der Waals surface area contributed by atoms with Crippen LogP contribution in [0.3, 0.4) is 0 Å². The van der Waals surface area contributed by atoms with Crippen LogP contribution in [0.15, 0.2) is 36.4 Å². The van der Waals surface area contributed by atoms with Gasteiger partial charge in [-0.3, -0.25) is 4.79 Å². The van der Waals surface area contributed by atoms with Gasteiger partial charge in [0.05, 0.1) is 0 Å². The lowest BCUT2D eigenvalue weighted by Gasteiger charge is -2.12. The highest BCUT2D eigenvalue weighted by Crippen LogP contribution is 2.24. The average molecular weight is 286 g/mol. The second kappa shape index (κ2) is 6.17. The minimum Gasteiger partial charge on any atom is -0.508 e. The molecule has 5 nitrogen and oxygen atoms in total. The summed E-state index contributed by atoms with van der Waals surface area (Å²) in [6.07, 6.45) is 0. The summed E-state index contributed by atoms with van der Waals surface area (Å²) in [5.74, 6) is -0.0952. The number of carbonyl (C=O) groups excluding carboxylic acids is 1. The molecule has 0 saturated carbocycles. The molecule has 0 aliphatic heterocycles. The molecule has 0 unspecified atom stereocenters. The number of aryl methyl sites for hydroxylation is 1. The first-order chi connectivity index (χ1) is 10.0. The van der Waals surface area contributed by atoms with Crippen molar-refractivity contribution < 1.29 is 15.0 Å². The van der Waals surface area contributed by atoms with Gasteiger partial charge >= 0.3 is 0 Å². The molecule has 0 bridgehead atoms. The van der Waals surface area contributed by atoms with Crippen LogP contribution in [-0.2, 0) is 6.54 Å². The zero-order valence-corrected chi connectivity index (χ0v) is 12.0. The lowest BCUT2D eigenvalue weighted by molar-refractivity contribution is 0.0963. The maximum atomic E-state index is 11.6. The van der Waals surface area contributed by atoms with Crippen LogP contribution >= 0.6 is 0 Å². The van der Waals surface area contributed by atoms with Crippen molar-refractivity contribution in [3.05, 3.63) is 53.1 Å². The van der Waals surface area contributed by atoms with Gasteiger partial charge in [0.2, 0.25) is 0 Å². The highest BCUT2D eigenvalue weighted by atomic mass is 16.3. The molecule has 0 aliphatic rings. The molecule has 21 heavy (non-hydrogen) atoms. The number of amides is 1. The summed E-state index contributed by atoms with van der Waals surface area (Å²) in [6, 6.07) is 9.86. The fourth-order valence-corrected chi connectivity index (χ4v) is 1.99. The number of hydrogen-bond donors (Lipinski definition) is 4. The van der Waals surface area contributed by atoms with Crippen molar-refractivity contribution in [2.24, 2.45) is 0 Å². The molecule has 4 N–H and O–H groups in total. The summed E-state index contributed by atoms with van der Waals surface area (Å²) in [4.78, 5) is 11.6. The molecule has 0 aliphatic carbocycles. The van der Waals surface area contributed by atoms with E-state index in [0.717, 1.165) is 11.3 Å². The number of benzene rings is 2. The molecule has 0 saturated heterocycles. The van der Waals surface area contributed by atoms with E-state index in [1.165, 1.54) is 12.1 Å². The Morgan fingerprint density at radius 2 is 1.90 bits per heavy atom. The van der Waals surface area contributed by atoms with Crippen molar-refractivity contribution in [3.63, 3.8) is 0 Å². The third-order valence-electron chi connectivity index (χ3n) is 3.26. The van der Waals surface area contributed by atoms with Crippen LogP contribution in [-0.4, -0.2) is 23.2 Å². The zero-order chi connectivity index (χ0) is 15.4. The molecular formula is C16H18N2O3. The molecule has 0 heterocycles. The van der Waals surface area contributed by atoms with Crippen LogP contribution in [0.4, 0.5) is 5.69 Å². The number of phenolic OH excluding ortho intramolecular Hbond substituents is 2. The molecule has 0 radical (unpaired) electrons. The number of carbonyl (C=O) groups is 1. The average Bonchev–Trinajstić information content (AvgIpc) is 2.47. The first-order valence-electron chi connectivity index (χ1n) is 6.58. The highest BCUT2D eigenvalue weighted by molar-refractivity contribution is 5.95. The third kappa shape index (κ3) is 3.45. The van der Waals surface area contributed by atoms with Crippen LogP contribution in [0.2, 0.25) is 0 Å². The predicted molar refractivity (Wildman–Crippen MR) is 81.7 cm³/mol. The molecule has 2 aromatic rings. The topological polar surface area (TPSA) is 81.6 Å². The SMILES string of the molecule is CNC(=O)c1ccc(C)c(NCc2ccc(O)cc2O)c1. The van der Waals surface area contributed by atoms with Gasteiger partial charge in [0.15, 0.2) is 0 Å². The van der Waals surface area contributed by atoms with Gasteiger partial charge in [0.1, 0.15) is 11.5 Å². The Bertz CT molecular complexity index is 669. The summed E-state index contributed by atoms with van der Waals surface area (Å²) >= 11 is 0. The molecule has 1 amide bonds. The van der Waals surface area contributed by atoms with Gasteiger partial charge in [0.25, 0.3) is 5.91 Å². The van der Waals surface area contributed by atoms with Crippen molar-refractivity contribution in [1.82, 2.24) is 5.32 Å². The largest absolute Gasteiger partial charge is 0.508 e. The van der Waals surface area contributed by atoms with Crippen molar-refractivity contribution in [2.45, 2.75) is 13.5 Å². The number of hydrogen-bond acceptors (Lipinski definition) is 4. The summed E-state index contributed by atoms with van der Waals surface area (Å²) < 4.78 is 0. The van der Waals surface area contributed by atoms with Gasteiger partial charge < -0.3 is 20.8 Å². The van der Waals surface area contributed by atoms with E-state index in [4.69, 9.17) is 0 Å². The summed E-state index contributed by atoms with van der Waals surface area (Å²) in [5.41, 5.74) is 3.06. The first kappa shape index (κ1) is 14.7. The smallest absolute Gasteiger partial charge is 0.251 e.